The number of nitrogens with one attached hydrogen (secondary N) is 1. The number of aryl methyl sites for hydroxylation is 1. The lowest BCUT2D eigenvalue weighted by atomic mass is 9.96. The van der Waals surface area contributed by atoms with Gasteiger partial charge in [-0.1, -0.05) is 18.2 Å². The van der Waals surface area contributed by atoms with Crippen LogP contribution in [0.5, 0.6) is 0 Å². The van der Waals surface area contributed by atoms with Crippen LogP contribution in [0.1, 0.15) is 22.7 Å². The third kappa shape index (κ3) is 3.36. The van der Waals surface area contributed by atoms with Gasteiger partial charge in [0.15, 0.2) is 0 Å². The largest absolute Gasteiger partial charge is 0.271 e. The highest BCUT2D eigenvalue weighted by Crippen LogP contribution is 2.22. The highest BCUT2D eigenvalue weighted by molar-refractivity contribution is 5.31. The lowest BCUT2D eigenvalue weighted by molar-refractivity contribution is 0.545. The highest BCUT2D eigenvalue weighted by atomic mass is 19.1. The maximum absolute atomic E-state index is 13.1. The highest BCUT2D eigenvalue weighted by Gasteiger charge is 2.13. The summed E-state index contributed by atoms with van der Waals surface area (Å²) in [5, 5.41) is 0. The molecule has 2 aromatic rings. The Morgan fingerprint density at radius 3 is 2.26 bits per heavy atom. The molecule has 0 aliphatic heterocycles. The molecule has 0 aliphatic carbocycles. The Labute approximate surface area is 111 Å². The van der Waals surface area contributed by atoms with Crippen LogP contribution in [0.3, 0.4) is 0 Å². The van der Waals surface area contributed by atoms with Crippen LogP contribution in [-0.2, 0) is 6.42 Å². The Morgan fingerprint density at radius 1 is 1.05 bits per heavy atom. The molecule has 100 valence electrons. The Kier molecular flexibility index (Phi) is 4.24. The number of hydrazine groups is 1. The lowest BCUT2D eigenvalue weighted by Gasteiger charge is -2.18. The van der Waals surface area contributed by atoms with Gasteiger partial charge in [-0.05, 0) is 54.3 Å². The third-order valence-electron chi connectivity index (χ3n) is 3.16. The van der Waals surface area contributed by atoms with Gasteiger partial charge in [-0.25, -0.2) is 8.78 Å². The second kappa shape index (κ2) is 5.91. The molecule has 1 atom stereocenters. The summed E-state index contributed by atoms with van der Waals surface area (Å²) in [5.74, 6) is 5.04. The summed E-state index contributed by atoms with van der Waals surface area (Å²) in [6.45, 7) is 1.84. The molecule has 0 radical (unpaired) electrons. The number of benzene rings is 2. The molecule has 19 heavy (non-hydrogen) atoms. The maximum atomic E-state index is 13.1. The van der Waals surface area contributed by atoms with Crippen LogP contribution >= 0.6 is 0 Å². The van der Waals surface area contributed by atoms with Crippen LogP contribution < -0.4 is 11.3 Å². The third-order valence-corrected chi connectivity index (χ3v) is 3.16. The zero-order valence-electron chi connectivity index (χ0n) is 10.7. The van der Waals surface area contributed by atoms with E-state index in [1.54, 1.807) is 18.2 Å². The molecule has 0 bridgehead atoms. The second-order valence-electron chi connectivity index (χ2n) is 4.55. The Bertz CT molecular complexity index is 553. The van der Waals surface area contributed by atoms with Gasteiger partial charge in [0.2, 0.25) is 0 Å². The maximum Gasteiger partial charge on any atom is 0.123 e. The molecule has 0 aromatic heterocycles. The van der Waals surface area contributed by atoms with Crippen molar-refractivity contribution in [1.82, 2.24) is 5.43 Å². The van der Waals surface area contributed by atoms with Crippen molar-refractivity contribution in [3.63, 3.8) is 0 Å². The van der Waals surface area contributed by atoms with Crippen molar-refractivity contribution >= 4 is 0 Å². The van der Waals surface area contributed by atoms with Gasteiger partial charge >= 0.3 is 0 Å². The monoisotopic (exact) mass is 262 g/mol. The van der Waals surface area contributed by atoms with E-state index in [1.165, 1.54) is 24.3 Å². The fraction of sp³-hybridized carbons (Fsp3) is 0.200. The minimum absolute atomic E-state index is 0.133. The first-order valence-corrected chi connectivity index (χ1v) is 6.07. The summed E-state index contributed by atoms with van der Waals surface area (Å²) in [5.41, 5.74) is 5.47. The summed E-state index contributed by atoms with van der Waals surface area (Å²) >= 11 is 0. The van der Waals surface area contributed by atoms with E-state index < -0.39 is 0 Å². The van der Waals surface area contributed by atoms with E-state index in [4.69, 9.17) is 5.84 Å². The summed E-state index contributed by atoms with van der Waals surface area (Å²) in [4.78, 5) is 0. The van der Waals surface area contributed by atoms with Gasteiger partial charge < -0.3 is 0 Å². The molecule has 3 N–H and O–H groups in total. The van der Waals surface area contributed by atoms with E-state index in [0.29, 0.717) is 6.42 Å². The van der Waals surface area contributed by atoms with E-state index in [2.05, 4.69) is 5.43 Å². The Hall–Kier alpha value is -1.78. The fourth-order valence-electron chi connectivity index (χ4n) is 2.14. The Morgan fingerprint density at radius 2 is 1.68 bits per heavy atom. The topological polar surface area (TPSA) is 38.0 Å². The minimum atomic E-state index is -0.265. The van der Waals surface area contributed by atoms with Crippen LogP contribution in [0, 0.1) is 18.6 Å². The number of rotatable bonds is 4. The zero-order valence-corrected chi connectivity index (χ0v) is 10.7. The van der Waals surface area contributed by atoms with Crippen molar-refractivity contribution in [2.75, 3.05) is 0 Å². The first kappa shape index (κ1) is 13.6. The summed E-state index contributed by atoms with van der Waals surface area (Å²) in [7, 11) is 0. The molecule has 0 aliphatic rings. The number of hydrogen-bond donors (Lipinski definition) is 2. The molecule has 0 fully saturated rings. The van der Waals surface area contributed by atoms with Crippen molar-refractivity contribution in [2.45, 2.75) is 19.4 Å². The van der Waals surface area contributed by atoms with E-state index in [0.717, 1.165) is 16.7 Å². The van der Waals surface area contributed by atoms with Crippen molar-refractivity contribution in [3.8, 4) is 0 Å². The van der Waals surface area contributed by atoms with Crippen molar-refractivity contribution in [3.05, 3.63) is 70.8 Å². The van der Waals surface area contributed by atoms with Crippen LogP contribution in [-0.4, -0.2) is 0 Å². The van der Waals surface area contributed by atoms with Crippen LogP contribution in [0.15, 0.2) is 42.5 Å². The summed E-state index contributed by atoms with van der Waals surface area (Å²) in [6.07, 6.45) is 0.614. The average Bonchev–Trinajstić information content (AvgIpc) is 2.39. The van der Waals surface area contributed by atoms with E-state index >= 15 is 0 Å². The first-order valence-electron chi connectivity index (χ1n) is 6.07. The number of hydrogen-bond acceptors (Lipinski definition) is 2. The molecule has 1 unspecified atom stereocenters. The first-order chi connectivity index (χ1) is 9.10. The zero-order chi connectivity index (χ0) is 13.8. The predicted molar refractivity (Wildman–Crippen MR) is 71.3 cm³/mol. The average molecular weight is 262 g/mol. The standard InChI is InChI=1S/C15H16F2N2/c1-10-8-13(17)6-7-14(10)15(19-18)9-11-2-4-12(16)5-3-11/h2-8,15,19H,9,18H2,1H3. The van der Waals surface area contributed by atoms with Crippen molar-refractivity contribution in [2.24, 2.45) is 5.84 Å². The fourth-order valence-corrected chi connectivity index (χ4v) is 2.14. The van der Waals surface area contributed by atoms with Crippen molar-refractivity contribution < 1.29 is 8.78 Å². The summed E-state index contributed by atoms with van der Waals surface area (Å²) < 4.78 is 25.9. The molecular formula is C15H16F2N2. The second-order valence-corrected chi connectivity index (χ2v) is 4.55. The molecule has 0 amide bonds. The smallest absolute Gasteiger partial charge is 0.123 e. The van der Waals surface area contributed by atoms with E-state index in [1.807, 2.05) is 6.92 Å². The molecule has 0 saturated carbocycles. The Balaban J connectivity index is 2.22. The molecule has 2 nitrogen and oxygen atoms in total. The van der Waals surface area contributed by atoms with Gasteiger partial charge in [-0.3, -0.25) is 11.3 Å². The quantitative estimate of drug-likeness (QED) is 0.656. The SMILES string of the molecule is Cc1cc(F)ccc1C(Cc1ccc(F)cc1)NN. The van der Waals surface area contributed by atoms with Gasteiger partial charge in [0, 0.05) is 0 Å². The van der Waals surface area contributed by atoms with Gasteiger partial charge in [-0.15, -0.1) is 0 Å². The molecule has 2 rings (SSSR count). The number of nitrogens with two attached hydrogens (primary N) is 1. The van der Waals surface area contributed by atoms with Crippen LogP contribution in [0.4, 0.5) is 8.78 Å². The predicted octanol–water partition coefficient (Wildman–Crippen LogP) is 3.02. The summed E-state index contributed by atoms with van der Waals surface area (Å²) in [6, 6.07) is 10.8. The van der Waals surface area contributed by atoms with E-state index in [9.17, 15) is 8.78 Å². The molecule has 0 spiro atoms. The molecule has 4 heteroatoms. The van der Waals surface area contributed by atoms with Gasteiger partial charge in [0.25, 0.3) is 0 Å². The lowest BCUT2D eigenvalue weighted by Crippen LogP contribution is -2.30. The van der Waals surface area contributed by atoms with Gasteiger partial charge in [0.05, 0.1) is 6.04 Å². The van der Waals surface area contributed by atoms with Crippen LogP contribution in [0.2, 0.25) is 0 Å². The van der Waals surface area contributed by atoms with E-state index in [-0.39, 0.29) is 17.7 Å². The van der Waals surface area contributed by atoms with Crippen molar-refractivity contribution in [1.29, 1.82) is 0 Å². The van der Waals surface area contributed by atoms with Gasteiger partial charge in [-0.2, -0.15) is 0 Å². The molecule has 0 saturated heterocycles. The molecule has 0 heterocycles. The van der Waals surface area contributed by atoms with Crippen LogP contribution in [0.25, 0.3) is 0 Å². The van der Waals surface area contributed by atoms with Gasteiger partial charge in [0.1, 0.15) is 11.6 Å². The molecule has 2 aromatic carbocycles. The number of halogens is 2. The minimum Gasteiger partial charge on any atom is -0.271 e. The molecular weight excluding hydrogens is 246 g/mol. The normalized spacial score (nSPS) is 12.4.